The molecule has 2 aromatic rings. The second kappa shape index (κ2) is 7.07. The second-order valence-corrected chi connectivity index (χ2v) is 5.87. The van der Waals surface area contributed by atoms with Crippen LogP contribution in [0.5, 0.6) is 11.5 Å². The topological polar surface area (TPSA) is 50.5 Å². The van der Waals surface area contributed by atoms with E-state index in [4.69, 9.17) is 10.5 Å². The summed E-state index contributed by atoms with van der Waals surface area (Å²) in [4.78, 5) is 2.25. The van der Waals surface area contributed by atoms with Gasteiger partial charge < -0.3 is 20.7 Å². The molecule has 118 valence electrons. The van der Waals surface area contributed by atoms with Gasteiger partial charge in [0.25, 0.3) is 0 Å². The van der Waals surface area contributed by atoms with E-state index in [1.54, 1.807) is 0 Å². The van der Waals surface area contributed by atoms with Crippen LogP contribution in [0.2, 0.25) is 0 Å². The van der Waals surface area contributed by atoms with Crippen LogP contribution in [-0.4, -0.2) is 20.6 Å². The van der Waals surface area contributed by atoms with Crippen molar-refractivity contribution in [1.29, 1.82) is 0 Å². The second-order valence-electron chi connectivity index (χ2n) is 5.87. The summed E-state index contributed by atoms with van der Waals surface area (Å²) in [6.45, 7) is 5.46. The molecule has 0 heterocycles. The smallest absolute Gasteiger partial charge is 0.129 e. The first-order valence-electron chi connectivity index (χ1n) is 7.56. The number of hydrogen-bond donors (Lipinski definition) is 2. The van der Waals surface area contributed by atoms with Crippen molar-refractivity contribution in [2.75, 3.05) is 36.6 Å². The quantitative estimate of drug-likeness (QED) is 0.785. The van der Waals surface area contributed by atoms with Gasteiger partial charge in [0.2, 0.25) is 0 Å². The molecule has 0 fully saturated rings. The molecule has 3 N–H and O–H groups in total. The van der Waals surface area contributed by atoms with Crippen molar-refractivity contribution in [3.63, 3.8) is 0 Å². The molecule has 0 saturated carbocycles. The first-order valence-corrected chi connectivity index (χ1v) is 7.56. The lowest BCUT2D eigenvalue weighted by Gasteiger charge is -2.21. The highest BCUT2D eigenvalue weighted by Gasteiger charge is 2.05. The minimum Gasteiger partial charge on any atom is -0.457 e. The normalized spacial score (nSPS) is 10.6. The van der Waals surface area contributed by atoms with Crippen molar-refractivity contribution in [2.45, 2.75) is 13.8 Å². The number of nitrogens with zero attached hydrogens (tertiary/aromatic N) is 1. The Bertz CT molecular complexity index is 608. The third-order valence-corrected chi connectivity index (χ3v) is 3.45. The summed E-state index contributed by atoms with van der Waals surface area (Å²) in [5.74, 6) is 2.21. The summed E-state index contributed by atoms with van der Waals surface area (Å²) in [5.41, 5.74) is 8.63. The van der Waals surface area contributed by atoms with E-state index in [0.717, 1.165) is 23.7 Å². The number of benzene rings is 2. The van der Waals surface area contributed by atoms with Gasteiger partial charge in [-0.3, -0.25) is 0 Å². The van der Waals surface area contributed by atoms with Gasteiger partial charge in [0.05, 0.1) is 11.4 Å². The molecular formula is C18H25N3O. The average Bonchev–Trinajstić information content (AvgIpc) is 2.49. The summed E-state index contributed by atoms with van der Waals surface area (Å²) in [6.07, 6.45) is 0. The predicted octanol–water partition coefficient (Wildman–Crippen LogP) is 4.20. The molecule has 22 heavy (non-hydrogen) atoms. The molecular weight excluding hydrogens is 274 g/mol. The van der Waals surface area contributed by atoms with E-state index in [9.17, 15) is 0 Å². The van der Waals surface area contributed by atoms with Gasteiger partial charge in [0.1, 0.15) is 11.5 Å². The number of anilines is 3. The third-order valence-electron chi connectivity index (χ3n) is 3.45. The molecule has 0 saturated heterocycles. The van der Waals surface area contributed by atoms with Crippen molar-refractivity contribution >= 4 is 17.1 Å². The van der Waals surface area contributed by atoms with Crippen LogP contribution < -0.4 is 20.7 Å². The Hall–Kier alpha value is -2.36. The maximum absolute atomic E-state index is 5.88. The molecule has 2 aromatic carbocycles. The van der Waals surface area contributed by atoms with Gasteiger partial charge in [-0.05, 0) is 42.3 Å². The van der Waals surface area contributed by atoms with Crippen molar-refractivity contribution in [2.24, 2.45) is 5.92 Å². The van der Waals surface area contributed by atoms with Crippen molar-refractivity contribution < 1.29 is 4.74 Å². The summed E-state index contributed by atoms with van der Waals surface area (Å²) in [7, 11) is 3.95. The van der Waals surface area contributed by atoms with Crippen molar-refractivity contribution in [3.8, 4) is 11.5 Å². The fourth-order valence-electron chi connectivity index (χ4n) is 2.37. The highest BCUT2D eigenvalue weighted by atomic mass is 16.5. The molecule has 0 aliphatic heterocycles. The van der Waals surface area contributed by atoms with Gasteiger partial charge in [-0.15, -0.1) is 0 Å². The fourth-order valence-corrected chi connectivity index (χ4v) is 2.37. The third kappa shape index (κ3) is 4.07. The van der Waals surface area contributed by atoms with Crippen LogP contribution in [0.1, 0.15) is 13.8 Å². The molecule has 0 amide bonds. The number of rotatable bonds is 6. The summed E-state index contributed by atoms with van der Waals surface area (Å²) in [5, 5.41) is 3.05. The molecule has 0 radical (unpaired) electrons. The highest BCUT2D eigenvalue weighted by Crippen LogP contribution is 2.29. The fraction of sp³-hybridized carbons (Fsp3) is 0.333. The molecule has 0 unspecified atom stereocenters. The van der Waals surface area contributed by atoms with E-state index in [-0.39, 0.29) is 0 Å². The molecule has 2 rings (SSSR count). The van der Waals surface area contributed by atoms with Crippen LogP contribution in [0.25, 0.3) is 0 Å². The monoisotopic (exact) mass is 299 g/mol. The lowest BCUT2D eigenvalue weighted by atomic mass is 10.2. The zero-order valence-electron chi connectivity index (χ0n) is 13.8. The van der Waals surface area contributed by atoms with E-state index in [2.05, 4.69) is 43.2 Å². The Kier molecular flexibility index (Phi) is 5.15. The summed E-state index contributed by atoms with van der Waals surface area (Å²) < 4.78 is 5.88. The van der Waals surface area contributed by atoms with E-state index in [1.807, 2.05) is 37.4 Å². The van der Waals surface area contributed by atoms with Gasteiger partial charge in [-0.25, -0.2) is 0 Å². The molecule has 0 spiro atoms. The lowest BCUT2D eigenvalue weighted by Crippen LogP contribution is -2.22. The highest BCUT2D eigenvalue weighted by molar-refractivity contribution is 5.68. The minimum atomic E-state index is 0.635. The molecule has 0 bridgehead atoms. The van der Waals surface area contributed by atoms with Gasteiger partial charge in [0, 0.05) is 32.4 Å². The van der Waals surface area contributed by atoms with Crippen LogP contribution in [0, 0.1) is 5.92 Å². The van der Waals surface area contributed by atoms with E-state index in [1.165, 1.54) is 5.69 Å². The largest absolute Gasteiger partial charge is 0.457 e. The van der Waals surface area contributed by atoms with Gasteiger partial charge in [0.15, 0.2) is 0 Å². The maximum Gasteiger partial charge on any atom is 0.129 e. The van der Waals surface area contributed by atoms with Crippen LogP contribution in [0.3, 0.4) is 0 Å². The summed E-state index contributed by atoms with van der Waals surface area (Å²) >= 11 is 0. The number of ether oxygens (including phenoxy) is 1. The van der Waals surface area contributed by atoms with Crippen LogP contribution in [-0.2, 0) is 0 Å². The van der Waals surface area contributed by atoms with Crippen LogP contribution in [0.4, 0.5) is 17.1 Å². The maximum atomic E-state index is 5.88. The molecule has 0 aromatic heterocycles. The number of hydrogen-bond acceptors (Lipinski definition) is 4. The predicted molar refractivity (Wildman–Crippen MR) is 95.0 cm³/mol. The number of nitrogens with two attached hydrogens (primary N) is 1. The van der Waals surface area contributed by atoms with E-state index < -0.39 is 0 Å². The number of nitrogens with one attached hydrogen (secondary N) is 1. The Balaban J connectivity index is 2.08. The Morgan fingerprint density at radius 3 is 2.32 bits per heavy atom. The van der Waals surface area contributed by atoms with Crippen molar-refractivity contribution in [3.05, 3.63) is 42.5 Å². The van der Waals surface area contributed by atoms with E-state index >= 15 is 0 Å². The van der Waals surface area contributed by atoms with Gasteiger partial charge in [-0.1, -0.05) is 13.8 Å². The Morgan fingerprint density at radius 1 is 1.09 bits per heavy atom. The summed E-state index contributed by atoms with van der Waals surface area (Å²) in [6, 6.07) is 13.7. The standard InChI is InChI=1S/C18H25N3O/c1-13(2)12-21(4)14-5-7-15(8-6-14)22-16-9-10-17(19)18(11-16)20-3/h5-11,13,20H,12,19H2,1-4H3. The molecule has 4 heteroatoms. The van der Waals surface area contributed by atoms with Crippen LogP contribution in [0.15, 0.2) is 42.5 Å². The average molecular weight is 299 g/mol. The number of nitrogen functional groups attached to an aromatic ring is 1. The van der Waals surface area contributed by atoms with E-state index in [0.29, 0.717) is 11.6 Å². The van der Waals surface area contributed by atoms with Crippen LogP contribution >= 0.6 is 0 Å². The first-order chi connectivity index (χ1) is 10.5. The SMILES string of the molecule is CNc1cc(Oc2ccc(N(C)CC(C)C)cc2)ccc1N. The lowest BCUT2D eigenvalue weighted by molar-refractivity contribution is 0.483. The molecule has 0 aliphatic rings. The Labute approximate surface area is 132 Å². The first kappa shape index (κ1) is 16.0. The zero-order valence-corrected chi connectivity index (χ0v) is 13.8. The zero-order chi connectivity index (χ0) is 16.1. The Morgan fingerprint density at radius 2 is 1.73 bits per heavy atom. The van der Waals surface area contributed by atoms with Gasteiger partial charge >= 0.3 is 0 Å². The molecule has 4 nitrogen and oxygen atoms in total. The minimum absolute atomic E-state index is 0.635. The molecule has 0 aliphatic carbocycles. The van der Waals surface area contributed by atoms with Gasteiger partial charge in [-0.2, -0.15) is 0 Å². The molecule has 0 atom stereocenters. The van der Waals surface area contributed by atoms with Crippen molar-refractivity contribution in [1.82, 2.24) is 0 Å².